The first kappa shape index (κ1) is 34.7. The lowest BCUT2D eigenvalue weighted by Gasteiger charge is -2.16. The molecule has 0 unspecified atom stereocenters. The van der Waals surface area contributed by atoms with Gasteiger partial charge in [0.05, 0.1) is 5.52 Å². The van der Waals surface area contributed by atoms with Gasteiger partial charge in [0.1, 0.15) is 0 Å². The summed E-state index contributed by atoms with van der Waals surface area (Å²) in [6, 6.07) is 60.2. The van der Waals surface area contributed by atoms with Crippen molar-refractivity contribution in [2.75, 3.05) is 0 Å². The molecular formula is C55H38N4. The zero-order chi connectivity index (χ0) is 39.3. The van der Waals surface area contributed by atoms with Crippen LogP contribution in [0.15, 0.2) is 176 Å². The Morgan fingerprint density at radius 1 is 0.356 bits per heavy atom. The summed E-state index contributed by atoms with van der Waals surface area (Å²) in [5, 5.41) is 8.75. The predicted octanol–water partition coefficient (Wildman–Crippen LogP) is 12.4. The van der Waals surface area contributed by atoms with Crippen molar-refractivity contribution in [3.63, 3.8) is 0 Å². The van der Waals surface area contributed by atoms with Crippen molar-refractivity contribution in [2.24, 2.45) is 0 Å². The van der Waals surface area contributed by atoms with E-state index in [1.54, 1.807) is 0 Å². The molecule has 0 saturated heterocycles. The minimum absolute atomic E-state index is 0.629. The zero-order valence-corrected chi connectivity index (χ0v) is 32.6. The Hall–Kier alpha value is -7.56. The molecule has 2 heterocycles. The van der Waals surface area contributed by atoms with Crippen LogP contribution >= 0.6 is 0 Å². The van der Waals surface area contributed by atoms with E-state index in [0.29, 0.717) is 17.5 Å². The van der Waals surface area contributed by atoms with Crippen LogP contribution in [0.3, 0.4) is 0 Å². The minimum Gasteiger partial charge on any atom is -0.256 e. The Bertz CT molecular complexity index is 3320. The summed E-state index contributed by atoms with van der Waals surface area (Å²) < 4.78 is 0. The molecule has 0 radical (unpaired) electrons. The Morgan fingerprint density at radius 2 is 0.915 bits per heavy atom. The van der Waals surface area contributed by atoms with E-state index in [9.17, 15) is 0 Å². The SMILES string of the molecule is Cc1ccc(-c2ccc(-c3cc4c(cc(-c5cccc(-c6nc(-c7ccccc7)nc(-c7ccccc7)n6)c5)c5ncccc54)c4c3=CCCC=4)cc2)c2ccccc12. The average molecular weight is 755 g/mol. The molecule has 2 aromatic heterocycles. The highest BCUT2D eigenvalue weighted by atomic mass is 15.0. The lowest BCUT2D eigenvalue weighted by Crippen LogP contribution is -2.29. The lowest BCUT2D eigenvalue weighted by atomic mass is 9.88. The number of nitrogens with zero attached hydrogens (tertiary/aromatic N) is 4. The number of benzene rings is 8. The molecule has 0 bridgehead atoms. The fourth-order valence-electron chi connectivity index (χ4n) is 8.81. The van der Waals surface area contributed by atoms with Gasteiger partial charge in [-0.3, -0.25) is 4.98 Å². The molecular weight excluding hydrogens is 717 g/mol. The first-order chi connectivity index (χ1) is 29.2. The third-order valence-electron chi connectivity index (χ3n) is 11.7. The predicted molar refractivity (Wildman–Crippen MR) is 245 cm³/mol. The summed E-state index contributed by atoms with van der Waals surface area (Å²) in [6.07, 6.45) is 8.78. The first-order valence-corrected chi connectivity index (χ1v) is 20.3. The van der Waals surface area contributed by atoms with Crippen molar-refractivity contribution in [1.82, 2.24) is 19.9 Å². The molecule has 0 saturated carbocycles. The molecule has 0 N–H and O–H groups in total. The van der Waals surface area contributed by atoms with E-state index < -0.39 is 0 Å². The van der Waals surface area contributed by atoms with Gasteiger partial charge in [-0.15, -0.1) is 0 Å². The molecule has 11 rings (SSSR count). The molecule has 8 aromatic carbocycles. The highest BCUT2D eigenvalue weighted by molar-refractivity contribution is 6.13. The Balaban J connectivity index is 1.06. The quantitative estimate of drug-likeness (QED) is 0.159. The molecule has 10 aromatic rings. The number of fused-ring (bicyclic) bond motifs is 6. The van der Waals surface area contributed by atoms with Gasteiger partial charge in [-0.25, -0.2) is 15.0 Å². The van der Waals surface area contributed by atoms with E-state index in [1.165, 1.54) is 59.8 Å². The van der Waals surface area contributed by atoms with Crippen LogP contribution in [0, 0.1) is 6.92 Å². The van der Waals surface area contributed by atoms with Crippen LogP contribution in [-0.2, 0) is 0 Å². The molecule has 0 amide bonds. The summed E-state index contributed by atoms with van der Waals surface area (Å²) >= 11 is 0. The van der Waals surface area contributed by atoms with Gasteiger partial charge in [-0.05, 0) is 109 Å². The van der Waals surface area contributed by atoms with Crippen LogP contribution in [0.4, 0.5) is 0 Å². The maximum atomic E-state index is 5.05. The Morgan fingerprint density at radius 3 is 1.63 bits per heavy atom. The highest BCUT2D eigenvalue weighted by Gasteiger charge is 2.17. The molecule has 4 nitrogen and oxygen atoms in total. The van der Waals surface area contributed by atoms with Crippen molar-refractivity contribution >= 4 is 44.6 Å². The smallest absolute Gasteiger partial charge is 0.164 e. The molecule has 59 heavy (non-hydrogen) atoms. The third kappa shape index (κ3) is 6.18. The van der Waals surface area contributed by atoms with E-state index in [0.717, 1.165) is 51.6 Å². The number of pyridine rings is 1. The van der Waals surface area contributed by atoms with Crippen LogP contribution < -0.4 is 10.4 Å². The summed E-state index contributed by atoms with van der Waals surface area (Å²) in [7, 11) is 0. The van der Waals surface area contributed by atoms with Gasteiger partial charge in [0.2, 0.25) is 0 Å². The molecule has 278 valence electrons. The van der Waals surface area contributed by atoms with Crippen LogP contribution in [0.25, 0.3) is 112 Å². The number of hydrogen-bond acceptors (Lipinski definition) is 4. The van der Waals surface area contributed by atoms with Gasteiger partial charge in [-0.2, -0.15) is 0 Å². The molecule has 0 fully saturated rings. The van der Waals surface area contributed by atoms with Gasteiger partial charge in [0, 0.05) is 33.8 Å². The van der Waals surface area contributed by atoms with Crippen LogP contribution in [0.5, 0.6) is 0 Å². The van der Waals surface area contributed by atoms with E-state index in [1.807, 2.05) is 66.9 Å². The maximum Gasteiger partial charge on any atom is 0.164 e. The van der Waals surface area contributed by atoms with E-state index in [2.05, 4.69) is 128 Å². The van der Waals surface area contributed by atoms with E-state index in [4.69, 9.17) is 19.9 Å². The first-order valence-electron chi connectivity index (χ1n) is 20.3. The topological polar surface area (TPSA) is 51.6 Å². The number of hydrogen-bond donors (Lipinski definition) is 0. The van der Waals surface area contributed by atoms with Gasteiger partial charge in [0.25, 0.3) is 0 Å². The molecule has 0 atom stereocenters. The number of aromatic nitrogens is 4. The fraction of sp³-hybridized carbons (Fsp3) is 0.0545. The molecule has 4 heteroatoms. The normalized spacial score (nSPS) is 12.3. The highest BCUT2D eigenvalue weighted by Crippen LogP contribution is 2.37. The third-order valence-corrected chi connectivity index (χ3v) is 11.7. The van der Waals surface area contributed by atoms with Crippen molar-refractivity contribution in [3.8, 4) is 67.5 Å². The van der Waals surface area contributed by atoms with Gasteiger partial charge in [0.15, 0.2) is 17.5 Å². The molecule has 1 aliphatic carbocycles. The van der Waals surface area contributed by atoms with E-state index in [-0.39, 0.29) is 0 Å². The van der Waals surface area contributed by atoms with Gasteiger partial charge >= 0.3 is 0 Å². The second-order valence-electron chi connectivity index (χ2n) is 15.3. The molecule has 1 aliphatic rings. The second-order valence-corrected chi connectivity index (χ2v) is 15.3. The van der Waals surface area contributed by atoms with Gasteiger partial charge < -0.3 is 0 Å². The van der Waals surface area contributed by atoms with Crippen molar-refractivity contribution in [2.45, 2.75) is 19.8 Å². The molecule has 0 spiro atoms. The van der Waals surface area contributed by atoms with Crippen LogP contribution in [0.2, 0.25) is 0 Å². The van der Waals surface area contributed by atoms with Crippen LogP contribution in [0.1, 0.15) is 18.4 Å². The van der Waals surface area contributed by atoms with Crippen molar-refractivity contribution in [1.29, 1.82) is 0 Å². The summed E-state index contributed by atoms with van der Waals surface area (Å²) in [4.78, 5) is 20.0. The lowest BCUT2D eigenvalue weighted by molar-refractivity contribution is 1.07. The fourth-order valence-corrected chi connectivity index (χ4v) is 8.81. The van der Waals surface area contributed by atoms with Gasteiger partial charge in [-0.1, -0.05) is 158 Å². The monoisotopic (exact) mass is 754 g/mol. The Kier molecular flexibility index (Phi) is 8.48. The maximum absolute atomic E-state index is 5.05. The number of rotatable bonds is 6. The zero-order valence-electron chi connectivity index (χ0n) is 32.6. The van der Waals surface area contributed by atoms with Crippen molar-refractivity contribution < 1.29 is 0 Å². The van der Waals surface area contributed by atoms with Crippen molar-refractivity contribution in [3.05, 3.63) is 192 Å². The van der Waals surface area contributed by atoms with E-state index >= 15 is 0 Å². The molecule has 0 aliphatic heterocycles. The number of aryl methyl sites for hydroxylation is 1. The Labute approximate surface area is 342 Å². The minimum atomic E-state index is 0.629. The largest absolute Gasteiger partial charge is 0.256 e. The summed E-state index contributed by atoms with van der Waals surface area (Å²) in [5.74, 6) is 1.92. The summed E-state index contributed by atoms with van der Waals surface area (Å²) in [6.45, 7) is 2.19. The average Bonchev–Trinajstić information content (AvgIpc) is 3.32. The standard InChI is InChI=1S/C55H38N4/c1-35-25-30-43(44-21-9-8-20-42(35)44)36-26-28-37(29-27-36)48-33-51-47-24-13-31-56-52(47)49(34-50(51)46-23-11-10-22-45(46)48)40-18-12-19-41(32-40)55-58-53(38-14-4-2-5-15-38)57-54(59-55)39-16-6-3-7-17-39/h2-9,12-34H,10-11H2,1H3. The second kappa shape index (κ2) is 14.4. The van der Waals surface area contributed by atoms with Crippen LogP contribution in [-0.4, -0.2) is 19.9 Å². The summed E-state index contributed by atoms with van der Waals surface area (Å²) in [5.41, 5.74) is 12.2.